The fraction of sp³-hybridized carbons (Fsp3) is 0.217. The monoisotopic (exact) mass is 399 g/mol. The van der Waals surface area contributed by atoms with Crippen molar-refractivity contribution in [2.24, 2.45) is 5.41 Å². The number of aromatic nitrogens is 3. The van der Waals surface area contributed by atoms with E-state index in [9.17, 15) is 19.2 Å². The Bertz CT molecular complexity index is 1370. The highest BCUT2D eigenvalue weighted by Crippen LogP contribution is 2.54. The van der Waals surface area contributed by atoms with Gasteiger partial charge in [0.15, 0.2) is 11.6 Å². The third-order valence-electron chi connectivity index (χ3n) is 6.66. The smallest absolute Gasteiger partial charge is 0.293 e. The molecule has 3 aliphatic rings. The lowest BCUT2D eigenvalue weighted by Crippen LogP contribution is -2.35. The molecule has 1 unspecified atom stereocenters. The molecule has 7 heteroatoms. The Kier molecular flexibility index (Phi) is 3.23. The van der Waals surface area contributed by atoms with Gasteiger partial charge in [0.1, 0.15) is 5.41 Å². The summed E-state index contributed by atoms with van der Waals surface area (Å²) in [6.45, 7) is 0.241. The molecule has 1 spiro atoms. The van der Waals surface area contributed by atoms with Gasteiger partial charge >= 0.3 is 11.4 Å². The summed E-state index contributed by atoms with van der Waals surface area (Å²) in [5.41, 5.74) is 0.221. The SMILES string of the molecule is O=C1c2ccccc2C(=O)C12CC1=CCn3c(=O)n(-c4ccccc4)c(=O)n3C1C2. The van der Waals surface area contributed by atoms with Crippen LogP contribution in [0.15, 0.2) is 75.8 Å². The summed E-state index contributed by atoms with van der Waals surface area (Å²) in [4.78, 5) is 52.8. The van der Waals surface area contributed by atoms with E-state index in [0.29, 0.717) is 23.2 Å². The molecule has 1 fully saturated rings. The van der Waals surface area contributed by atoms with Gasteiger partial charge < -0.3 is 0 Å². The van der Waals surface area contributed by atoms with Crippen LogP contribution in [0.4, 0.5) is 0 Å². The summed E-state index contributed by atoms with van der Waals surface area (Å²) in [6.07, 6.45) is 2.38. The summed E-state index contributed by atoms with van der Waals surface area (Å²) in [7, 11) is 0. The van der Waals surface area contributed by atoms with Crippen LogP contribution >= 0.6 is 0 Å². The molecule has 1 saturated carbocycles. The number of rotatable bonds is 1. The lowest BCUT2D eigenvalue weighted by atomic mass is 9.80. The Morgan fingerprint density at radius 3 is 2.10 bits per heavy atom. The molecule has 3 aromatic rings. The van der Waals surface area contributed by atoms with Crippen molar-refractivity contribution in [2.45, 2.75) is 25.4 Å². The highest BCUT2D eigenvalue weighted by atomic mass is 16.2. The fourth-order valence-electron chi connectivity index (χ4n) is 5.26. The predicted molar refractivity (Wildman–Crippen MR) is 108 cm³/mol. The topological polar surface area (TPSA) is 83.1 Å². The second-order valence-electron chi connectivity index (χ2n) is 8.12. The van der Waals surface area contributed by atoms with Gasteiger partial charge in [0, 0.05) is 11.1 Å². The van der Waals surface area contributed by atoms with Crippen molar-refractivity contribution in [3.05, 3.63) is 98.3 Å². The molecule has 2 aromatic carbocycles. The maximum Gasteiger partial charge on any atom is 0.352 e. The van der Waals surface area contributed by atoms with Crippen LogP contribution in [-0.2, 0) is 6.54 Å². The summed E-state index contributed by atoms with van der Waals surface area (Å²) in [5, 5.41) is 0. The van der Waals surface area contributed by atoms with E-state index < -0.39 is 22.8 Å². The molecule has 6 rings (SSSR count). The van der Waals surface area contributed by atoms with E-state index in [2.05, 4.69) is 0 Å². The number of carbonyl (C=O) groups excluding carboxylic acids is 2. The first-order chi connectivity index (χ1) is 14.5. The molecule has 0 N–H and O–H groups in total. The van der Waals surface area contributed by atoms with Crippen LogP contribution in [0.25, 0.3) is 5.69 Å². The minimum Gasteiger partial charge on any atom is -0.293 e. The molecule has 0 saturated heterocycles. The van der Waals surface area contributed by atoms with Crippen molar-refractivity contribution >= 4 is 11.6 Å². The van der Waals surface area contributed by atoms with Gasteiger partial charge in [-0.1, -0.05) is 48.5 Å². The Hall–Kier alpha value is -3.74. The molecule has 0 radical (unpaired) electrons. The number of carbonyl (C=O) groups is 2. The van der Waals surface area contributed by atoms with Crippen molar-refractivity contribution in [1.29, 1.82) is 0 Å². The van der Waals surface area contributed by atoms with Crippen LogP contribution in [-0.4, -0.2) is 25.5 Å². The predicted octanol–water partition coefficient (Wildman–Crippen LogP) is 2.14. The van der Waals surface area contributed by atoms with Gasteiger partial charge in [-0.3, -0.25) is 9.59 Å². The van der Waals surface area contributed by atoms with E-state index >= 15 is 0 Å². The van der Waals surface area contributed by atoms with E-state index in [-0.39, 0.29) is 24.5 Å². The van der Waals surface area contributed by atoms with Crippen molar-refractivity contribution < 1.29 is 9.59 Å². The summed E-state index contributed by atoms with van der Waals surface area (Å²) in [5.74, 6) is -0.356. The zero-order chi connectivity index (χ0) is 20.6. The van der Waals surface area contributed by atoms with E-state index in [1.807, 2.05) is 12.1 Å². The number of hydrogen-bond donors (Lipinski definition) is 0. The van der Waals surface area contributed by atoms with Crippen LogP contribution in [0.3, 0.4) is 0 Å². The molecule has 2 heterocycles. The molecular weight excluding hydrogens is 382 g/mol. The third-order valence-corrected chi connectivity index (χ3v) is 6.66. The molecule has 0 bridgehead atoms. The first-order valence-electron chi connectivity index (χ1n) is 9.90. The molecule has 0 amide bonds. The van der Waals surface area contributed by atoms with Crippen LogP contribution in [0, 0.1) is 5.41 Å². The summed E-state index contributed by atoms with van der Waals surface area (Å²) < 4.78 is 3.98. The number of benzene rings is 2. The summed E-state index contributed by atoms with van der Waals surface area (Å²) in [6, 6.07) is 15.2. The number of allylic oxidation sites excluding steroid dienone is 2. The average molecular weight is 399 g/mol. The number of hydrogen-bond acceptors (Lipinski definition) is 4. The van der Waals surface area contributed by atoms with E-state index in [4.69, 9.17) is 0 Å². The Morgan fingerprint density at radius 1 is 0.800 bits per heavy atom. The maximum absolute atomic E-state index is 13.3. The lowest BCUT2D eigenvalue weighted by molar-refractivity contribution is 0.0699. The second kappa shape index (κ2) is 5.66. The minimum absolute atomic E-state index is 0.178. The van der Waals surface area contributed by atoms with Crippen molar-refractivity contribution in [3.63, 3.8) is 0 Å². The second-order valence-corrected chi connectivity index (χ2v) is 8.12. The third kappa shape index (κ3) is 1.94. The van der Waals surface area contributed by atoms with Crippen LogP contribution in [0.2, 0.25) is 0 Å². The largest absolute Gasteiger partial charge is 0.352 e. The average Bonchev–Trinajstić information content (AvgIpc) is 3.35. The first kappa shape index (κ1) is 17.1. The van der Waals surface area contributed by atoms with Crippen molar-refractivity contribution in [2.75, 3.05) is 0 Å². The van der Waals surface area contributed by atoms with Gasteiger partial charge in [-0.05, 0) is 30.5 Å². The number of Topliss-reactive ketones (excluding diaryl/α,β-unsaturated/α-hetero) is 2. The normalized spacial score (nSPS) is 20.8. The molecule has 30 heavy (non-hydrogen) atoms. The van der Waals surface area contributed by atoms with E-state index in [0.717, 1.165) is 10.1 Å². The van der Waals surface area contributed by atoms with Crippen LogP contribution < -0.4 is 11.4 Å². The first-order valence-corrected chi connectivity index (χ1v) is 9.90. The number of para-hydroxylation sites is 1. The van der Waals surface area contributed by atoms with Gasteiger partial charge in [0.25, 0.3) is 0 Å². The molecular formula is C23H17N3O4. The quantitative estimate of drug-likeness (QED) is 0.464. The van der Waals surface area contributed by atoms with Crippen LogP contribution in [0.1, 0.15) is 39.6 Å². The molecule has 148 valence electrons. The molecule has 1 atom stereocenters. The fourth-order valence-corrected chi connectivity index (χ4v) is 5.26. The van der Waals surface area contributed by atoms with Gasteiger partial charge in [0.05, 0.1) is 18.3 Å². The van der Waals surface area contributed by atoms with Gasteiger partial charge in [-0.15, -0.1) is 0 Å². The van der Waals surface area contributed by atoms with Gasteiger partial charge in [-0.25, -0.2) is 23.5 Å². The molecule has 1 aromatic heterocycles. The summed E-state index contributed by atoms with van der Waals surface area (Å²) >= 11 is 0. The molecule has 2 aliphatic carbocycles. The Balaban J connectivity index is 1.50. The molecule has 7 nitrogen and oxygen atoms in total. The van der Waals surface area contributed by atoms with Crippen molar-refractivity contribution in [1.82, 2.24) is 13.9 Å². The lowest BCUT2D eigenvalue weighted by Gasteiger charge is -2.22. The van der Waals surface area contributed by atoms with Crippen LogP contribution in [0.5, 0.6) is 0 Å². The molecule has 1 aliphatic heterocycles. The highest BCUT2D eigenvalue weighted by molar-refractivity contribution is 6.30. The van der Waals surface area contributed by atoms with E-state index in [1.165, 1.54) is 9.36 Å². The Morgan fingerprint density at radius 2 is 1.43 bits per heavy atom. The van der Waals surface area contributed by atoms with E-state index in [1.54, 1.807) is 48.5 Å². The minimum atomic E-state index is -1.18. The number of fused-ring (bicyclic) bond motifs is 4. The van der Waals surface area contributed by atoms with Gasteiger partial charge in [0.2, 0.25) is 0 Å². The highest BCUT2D eigenvalue weighted by Gasteiger charge is 2.59. The zero-order valence-electron chi connectivity index (χ0n) is 15.9. The maximum atomic E-state index is 13.3. The van der Waals surface area contributed by atoms with Crippen molar-refractivity contribution in [3.8, 4) is 5.69 Å². The standard InChI is InChI=1S/C23H17N3O4/c27-19-16-8-4-5-9-17(16)20(28)23(19)12-14-10-11-24-21(29)25(15-6-2-1-3-7-15)22(30)26(24)18(14)13-23/h1-10,18H,11-13H2. The number of nitrogens with zero attached hydrogens (tertiary/aromatic N) is 3. The Labute approximate surface area is 170 Å². The number of ketones is 2. The zero-order valence-corrected chi connectivity index (χ0v) is 15.9. The van der Waals surface area contributed by atoms with Gasteiger partial charge in [-0.2, -0.15) is 0 Å².